The molecule has 290 valence electrons. The first-order valence-electron chi connectivity index (χ1n) is 20.6. The van der Waals surface area contributed by atoms with E-state index in [1.807, 2.05) is 0 Å². The minimum absolute atomic E-state index is 0.0865. The number of aliphatic carboxylic acids is 1. The van der Waals surface area contributed by atoms with Gasteiger partial charge < -0.3 is 15.2 Å². The van der Waals surface area contributed by atoms with Crippen LogP contribution in [0.3, 0.4) is 0 Å². The van der Waals surface area contributed by atoms with Crippen molar-refractivity contribution >= 4 is 17.8 Å². The number of ether oxygens (including phenoxy) is 1. The molecule has 0 spiro atoms. The number of unbranched alkanes of at least 4 members (excludes halogenated alkanes) is 15. The summed E-state index contributed by atoms with van der Waals surface area (Å²) in [6, 6.07) is 0. The summed E-state index contributed by atoms with van der Waals surface area (Å²) >= 11 is 0. The second-order valence-corrected chi connectivity index (χ2v) is 13.5. The smallest absolute Gasteiger partial charge is 0.322 e. The third-order valence-corrected chi connectivity index (χ3v) is 8.60. The number of carbonyl (C=O) groups is 3. The number of hydrogen-bond donors (Lipinski definition) is 2. The summed E-state index contributed by atoms with van der Waals surface area (Å²) in [6.07, 6.45) is 53.2. The highest BCUT2D eigenvalue weighted by atomic mass is 16.5. The molecule has 0 heterocycles. The molecular weight excluding hydrogens is 634 g/mol. The van der Waals surface area contributed by atoms with Crippen molar-refractivity contribution < 1.29 is 24.2 Å². The molecule has 1 atom stereocenters. The van der Waals surface area contributed by atoms with Crippen LogP contribution in [0.1, 0.15) is 181 Å². The third kappa shape index (κ3) is 39.5. The Hall–Kier alpha value is -3.15. The number of rotatable bonds is 36. The molecule has 6 heteroatoms. The highest BCUT2D eigenvalue weighted by Crippen LogP contribution is 2.15. The van der Waals surface area contributed by atoms with Gasteiger partial charge in [0.1, 0.15) is 12.6 Å². The Bertz CT molecular complexity index is 1010. The van der Waals surface area contributed by atoms with Gasteiger partial charge in [-0.2, -0.15) is 0 Å². The maximum Gasteiger partial charge on any atom is 0.322 e. The highest BCUT2D eigenvalue weighted by Gasteiger charge is 2.11. The summed E-state index contributed by atoms with van der Waals surface area (Å²) in [5.74, 6) is -1.31. The predicted molar refractivity (Wildman–Crippen MR) is 217 cm³/mol. The summed E-state index contributed by atoms with van der Waals surface area (Å²) in [5, 5.41) is 11.0. The molecule has 0 fully saturated rings. The van der Waals surface area contributed by atoms with Crippen molar-refractivity contribution in [2.24, 2.45) is 0 Å². The summed E-state index contributed by atoms with van der Waals surface area (Å²) in [6.45, 7) is 4.08. The molecule has 0 bridgehead atoms. The van der Waals surface area contributed by atoms with Gasteiger partial charge >= 0.3 is 11.9 Å². The van der Waals surface area contributed by atoms with Gasteiger partial charge in [-0.15, -0.1) is 0 Å². The number of hydrogen-bond acceptors (Lipinski definition) is 4. The molecular formula is C45H75NO5. The molecule has 0 aliphatic carbocycles. The van der Waals surface area contributed by atoms with Gasteiger partial charge in [-0.1, -0.05) is 151 Å². The average molecular weight is 710 g/mol. The van der Waals surface area contributed by atoms with Crippen LogP contribution >= 0.6 is 0 Å². The van der Waals surface area contributed by atoms with E-state index in [4.69, 9.17) is 9.84 Å². The van der Waals surface area contributed by atoms with Crippen molar-refractivity contribution in [3.8, 4) is 0 Å². The van der Waals surface area contributed by atoms with Crippen molar-refractivity contribution in [2.45, 2.75) is 187 Å². The molecule has 6 nitrogen and oxygen atoms in total. The highest BCUT2D eigenvalue weighted by molar-refractivity contribution is 5.80. The molecule has 1 unspecified atom stereocenters. The van der Waals surface area contributed by atoms with E-state index in [0.717, 1.165) is 103 Å². The number of allylic oxidation sites excluding steroid dienone is 11. The van der Waals surface area contributed by atoms with Crippen LogP contribution in [0.2, 0.25) is 0 Å². The second kappa shape index (κ2) is 39.6. The zero-order valence-corrected chi connectivity index (χ0v) is 32.7. The van der Waals surface area contributed by atoms with Crippen molar-refractivity contribution in [1.82, 2.24) is 5.32 Å². The molecule has 0 aliphatic rings. The number of carboxylic acids is 1. The number of amides is 1. The number of nitrogens with one attached hydrogen (secondary N) is 1. The lowest BCUT2D eigenvalue weighted by atomic mass is 10.1. The zero-order chi connectivity index (χ0) is 37.3. The predicted octanol–water partition coefficient (Wildman–Crippen LogP) is 12.6. The SMILES string of the molecule is CC/C=C\C/C=C\C/C=C\C/C=C\CCCCCCCCC(=O)OC(/C=C\C/C=C\CCCCCC)CCCCCCCCC(=O)NCC(=O)O. The maximum absolute atomic E-state index is 12.7. The Morgan fingerprint density at radius 1 is 0.549 bits per heavy atom. The summed E-state index contributed by atoms with van der Waals surface area (Å²) in [4.78, 5) is 34.9. The molecule has 0 rings (SSSR count). The Kier molecular flexibility index (Phi) is 37.2. The molecule has 51 heavy (non-hydrogen) atoms. The van der Waals surface area contributed by atoms with Crippen LogP contribution in [-0.2, 0) is 19.1 Å². The van der Waals surface area contributed by atoms with Crippen molar-refractivity contribution in [3.63, 3.8) is 0 Å². The quantitative estimate of drug-likeness (QED) is 0.0384. The lowest BCUT2D eigenvalue weighted by molar-refractivity contribution is -0.147. The van der Waals surface area contributed by atoms with Crippen LogP contribution in [0.5, 0.6) is 0 Å². The Morgan fingerprint density at radius 2 is 1.02 bits per heavy atom. The van der Waals surface area contributed by atoms with Crippen molar-refractivity contribution in [2.75, 3.05) is 6.54 Å². The Balaban J connectivity index is 4.20. The standard InChI is InChI=1S/C45H75NO5/c1-3-5-7-9-11-13-14-15-16-17-18-19-20-21-22-24-26-32-36-40-45(50)51-42(37-33-29-25-23-12-10-8-6-4-2)38-34-30-27-28-31-35-39-43(47)46-41-44(48)49/h5,7,11,13,15-16,18-19,23,25,33,37,42H,3-4,6,8-10,12,14,17,20-22,24,26-32,34-36,38-41H2,1-2H3,(H,46,47)(H,48,49)/b7-5-,13-11-,16-15-,19-18-,25-23-,37-33-. The largest absolute Gasteiger partial charge is 0.480 e. The normalized spacial score (nSPS) is 12.8. The van der Waals surface area contributed by atoms with E-state index < -0.39 is 5.97 Å². The first-order valence-corrected chi connectivity index (χ1v) is 20.6. The average Bonchev–Trinajstić information content (AvgIpc) is 3.11. The van der Waals surface area contributed by atoms with E-state index in [-0.39, 0.29) is 24.5 Å². The van der Waals surface area contributed by atoms with Gasteiger partial charge in [0.15, 0.2) is 0 Å². The van der Waals surface area contributed by atoms with Gasteiger partial charge in [-0.25, -0.2) is 0 Å². The Labute approximate surface area is 313 Å². The fourth-order valence-electron chi connectivity index (χ4n) is 5.57. The van der Waals surface area contributed by atoms with E-state index in [1.54, 1.807) is 0 Å². The maximum atomic E-state index is 12.7. The Morgan fingerprint density at radius 3 is 1.59 bits per heavy atom. The monoisotopic (exact) mass is 710 g/mol. The minimum Gasteiger partial charge on any atom is -0.480 e. The lowest BCUT2D eigenvalue weighted by Gasteiger charge is -2.14. The van der Waals surface area contributed by atoms with E-state index >= 15 is 0 Å². The molecule has 0 aliphatic heterocycles. The fourth-order valence-corrected chi connectivity index (χ4v) is 5.57. The molecule has 2 N–H and O–H groups in total. The lowest BCUT2D eigenvalue weighted by Crippen LogP contribution is -2.28. The topological polar surface area (TPSA) is 92.7 Å². The van der Waals surface area contributed by atoms with Gasteiger partial charge in [0.2, 0.25) is 5.91 Å². The van der Waals surface area contributed by atoms with Crippen LogP contribution < -0.4 is 5.32 Å². The van der Waals surface area contributed by atoms with Crippen molar-refractivity contribution in [1.29, 1.82) is 0 Å². The fraction of sp³-hybridized carbons (Fsp3) is 0.667. The molecule has 0 saturated heterocycles. The van der Waals surface area contributed by atoms with Crippen LogP contribution in [0.25, 0.3) is 0 Å². The van der Waals surface area contributed by atoms with Crippen LogP contribution in [0.4, 0.5) is 0 Å². The second-order valence-electron chi connectivity index (χ2n) is 13.5. The number of esters is 1. The van der Waals surface area contributed by atoms with E-state index in [9.17, 15) is 14.4 Å². The van der Waals surface area contributed by atoms with Gasteiger partial charge in [-0.3, -0.25) is 14.4 Å². The zero-order valence-electron chi connectivity index (χ0n) is 32.7. The van der Waals surface area contributed by atoms with E-state index in [1.165, 1.54) is 51.4 Å². The van der Waals surface area contributed by atoms with Gasteiger partial charge in [0.05, 0.1) is 0 Å². The molecule has 0 saturated carbocycles. The van der Waals surface area contributed by atoms with Crippen LogP contribution in [-0.4, -0.2) is 35.6 Å². The third-order valence-electron chi connectivity index (χ3n) is 8.60. The van der Waals surface area contributed by atoms with Gasteiger partial charge in [-0.05, 0) is 89.5 Å². The molecule has 1 amide bonds. The minimum atomic E-state index is -1.02. The van der Waals surface area contributed by atoms with Crippen LogP contribution in [0, 0.1) is 0 Å². The summed E-state index contributed by atoms with van der Waals surface area (Å²) < 4.78 is 5.92. The van der Waals surface area contributed by atoms with E-state index in [0.29, 0.717) is 12.8 Å². The summed E-state index contributed by atoms with van der Waals surface area (Å²) in [7, 11) is 0. The molecule has 0 aromatic heterocycles. The van der Waals surface area contributed by atoms with E-state index in [2.05, 4.69) is 92.1 Å². The number of carbonyl (C=O) groups excluding carboxylic acids is 2. The first kappa shape index (κ1) is 47.8. The summed E-state index contributed by atoms with van der Waals surface area (Å²) in [5.41, 5.74) is 0. The molecule has 0 aromatic rings. The number of carboxylic acid groups (broad SMARTS) is 1. The van der Waals surface area contributed by atoms with Gasteiger partial charge in [0, 0.05) is 12.8 Å². The van der Waals surface area contributed by atoms with Gasteiger partial charge in [0.25, 0.3) is 0 Å². The van der Waals surface area contributed by atoms with Crippen molar-refractivity contribution in [3.05, 3.63) is 72.9 Å². The van der Waals surface area contributed by atoms with Crippen LogP contribution in [0.15, 0.2) is 72.9 Å². The molecule has 0 aromatic carbocycles. The first-order chi connectivity index (χ1) is 25.0. The molecule has 0 radical (unpaired) electrons.